The van der Waals surface area contributed by atoms with Gasteiger partial charge in [-0.3, -0.25) is 4.79 Å². The minimum absolute atomic E-state index is 0.00661. The molecule has 3 amide bonds. The predicted molar refractivity (Wildman–Crippen MR) is 123 cm³/mol. The summed E-state index contributed by atoms with van der Waals surface area (Å²) < 4.78 is 13.0. The third kappa shape index (κ3) is 5.23. The third-order valence-corrected chi connectivity index (χ3v) is 6.56. The number of amides is 3. The lowest BCUT2D eigenvalue weighted by molar-refractivity contribution is 0.102. The first kappa shape index (κ1) is 22.2. The van der Waals surface area contributed by atoms with E-state index in [0.29, 0.717) is 34.5 Å². The van der Waals surface area contributed by atoms with E-state index in [4.69, 9.17) is 11.6 Å². The molecule has 0 bridgehead atoms. The van der Waals surface area contributed by atoms with Crippen LogP contribution < -0.4 is 10.6 Å². The van der Waals surface area contributed by atoms with Gasteiger partial charge in [0.2, 0.25) is 5.01 Å². The number of anilines is 2. The minimum Gasteiger partial charge on any atom is -0.324 e. The second kappa shape index (κ2) is 9.62. The third-order valence-electron chi connectivity index (χ3n) is 5.16. The van der Waals surface area contributed by atoms with E-state index in [2.05, 4.69) is 20.8 Å². The van der Waals surface area contributed by atoms with Crippen molar-refractivity contribution in [3.05, 3.63) is 68.9 Å². The molecule has 1 unspecified atom stereocenters. The molecule has 0 spiro atoms. The number of aromatic nitrogens is 2. The molecule has 4 rings (SSSR count). The first-order chi connectivity index (χ1) is 15.4. The second-order valence-electron chi connectivity index (χ2n) is 7.61. The fourth-order valence-electron chi connectivity index (χ4n) is 3.49. The molecular weight excluding hydrogens is 453 g/mol. The van der Waals surface area contributed by atoms with E-state index in [0.717, 1.165) is 18.4 Å². The van der Waals surface area contributed by atoms with Gasteiger partial charge in [0.25, 0.3) is 5.91 Å². The summed E-state index contributed by atoms with van der Waals surface area (Å²) in [6, 6.07) is 10.8. The van der Waals surface area contributed by atoms with Crippen molar-refractivity contribution in [1.82, 2.24) is 15.1 Å². The highest BCUT2D eigenvalue weighted by Crippen LogP contribution is 2.30. The highest BCUT2D eigenvalue weighted by atomic mass is 35.5. The van der Waals surface area contributed by atoms with E-state index in [-0.39, 0.29) is 22.8 Å². The molecule has 2 N–H and O–H groups in total. The van der Waals surface area contributed by atoms with Crippen LogP contribution in [0.15, 0.2) is 42.5 Å². The number of carbonyl (C=O) groups is 2. The van der Waals surface area contributed by atoms with Crippen LogP contribution in [0.2, 0.25) is 5.02 Å². The number of nitrogens with one attached hydrogen (secondary N) is 2. The summed E-state index contributed by atoms with van der Waals surface area (Å²) in [5, 5.41) is 15.2. The molecule has 3 aromatic rings. The first-order valence-corrected chi connectivity index (χ1v) is 11.3. The Hall–Kier alpha value is -3.04. The number of hydrogen-bond donors (Lipinski definition) is 2. The second-order valence-corrected chi connectivity index (χ2v) is 9.02. The van der Waals surface area contributed by atoms with Crippen LogP contribution in [0.25, 0.3) is 0 Å². The van der Waals surface area contributed by atoms with E-state index < -0.39 is 5.91 Å². The maximum Gasteiger partial charge on any atom is 0.321 e. The van der Waals surface area contributed by atoms with Crippen LogP contribution in [0.5, 0.6) is 0 Å². The van der Waals surface area contributed by atoms with Gasteiger partial charge in [-0.15, -0.1) is 10.2 Å². The molecule has 7 nitrogen and oxygen atoms in total. The maximum absolute atomic E-state index is 13.0. The average molecular weight is 474 g/mol. The smallest absolute Gasteiger partial charge is 0.321 e. The Kier molecular flexibility index (Phi) is 6.66. The van der Waals surface area contributed by atoms with E-state index in [1.54, 1.807) is 17.0 Å². The summed E-state index contributed by atoms with van der Waals surface area (Å²) in [4.78, 5) is 26.9. The van der Waals surface area contributed by atoms with Gasteiger partial charge in [0.05, 0.1) is 10.7 Å². The van der Waals surface area contributed by atoms with Crippen molar-refractivity contribution >= 4 is 46.3 Å². The van der Waals surface area contributed by atoms with Crippen molar-refractivity contribution in [3.8, 4) is 0 Å². The van der Waals surface area contributed by atoms with Crippen molar-refractivity contribution in [2.24, 2.45) is 0 Å². The summed E-state index contributed by atoms with van der Waals surface area (Å²) in [5.41, 5.74) is 2.06. The summed E-state index contributed by atoms with van der Waals surface area (Å²) in [5.74, 6) is -0.788. The fraction of sp³-hybridized carbons (Fsp3) is 0.273. The van der Waals surface area contributed by atoms with Crippen LogP contribution >= 0.6 is 22.9 Å². The van der Waals surface area contributed by atoms with Gasteiger partial charge < -0.3 is 15.5 Å². The maximum atomic E-state index is 13.0. The van der Waals surface area contributed by atoms with Crippen LogP contribution in [0.1, 0.15) is 39.1 Å². The molecule has 10 heteroatoms. The zero-order chi connectivity index (χ0) is 22.7. The minimum atomic E-state index is -0.403. The van der Waals surface area contributed by atoms with E-state index in [1.807, 2.05) is 13.0 Å². The van der Waals surface area contributed by atoms with Gasteiger partial charge in [-0.2, -0.15) is 0 Å². The molecule has 1 atom stereocenters. The van der Waals surface area contributed by atoms with Crippen molar-refractivity contribution < 1.29 is 14.0 Å². The van der Waals surface area contributed by atoms with Gasteiger partial charge in [0.15, 0.2) is 0 Å². The number of benzene rings is 2. The van der Waals surface area contributed by atoms with E-state index in [9.17, 15) is 14.0 Å². The van der Waals surface area contributed by atoms with Gasteiger partial charge in [-0.1, -0.05) is 29.0 Å². The van der Waals surface area contributed by atoms with Gasteiger partial charge in [0.1, 0.15) is 10.8 Å². The van der Waals surface area contributed by atoms with Crippen LogP contribution in [0.3, 0.4) is 0 Å². The number of rotatable bonds is 4. The standard InChI is InChI=1S/C22H21ClFN5O2S/c1-13-4-9-18(17(23)11-13)26-22(31)29-10-2-3-14(12-29)20-27-28-21(32-20)19(30)25-16-7-5-15(24)6-8-16/h4-9,11,14H,2-3,10,12H2,1H3,(H,25,30)(H,26,31). The van der Waals surface area contributed by atoms with Crippen molar-refractivity contribution in [2.45, 2.75) is 25.7 Å². The Morgan fingerprint density at radius 2 is 1.94 bits per heavy atom. The molecule has 1 aliphatic rings. The Labute approximate surface area is 193 Å². The molecule has 0 radical (unpaired) electrons. The molecule has 0 saturated carbocycles. The topological polar surface area (TPSA) is 87.2 Å². The van der Waals surface area contributed by atoms with Crippen molar-refractivity contribution in [3.63, 3.8) is 0 Å². The summed E-state index contributed by atoms with van der Waals surface area (Å²) in [6.07, 6.45) is 1.67. The Morgan fingerprint density at radius 3 is 2.69 bits per heavy atom. The Balaban J connectivity index is 1.39. The van der Waals surface area contributed by atoms with Crippen LogP contribution in [0.4, 0.5) is 20.6 Å². The number of hydrogen-bond acceptors (Lipinski definition) is 5. The average Bonchev–Trinajstić information content (AvgIpc) is 3.28. The van der Waals surface area contributed by atoms with E-state index in [1.165, 1.54) is 35.6 Å². The van der Waals surface area contributed by atoms with Crippen LogP contribution in [-0.2, 0) is 0 Å². The molecule has 2 aromatic carbocycles. The molecule has 1 aliphatic heterocycles. The molecule has 1 fully saturated rings. The Morgan fingerprint density at radius 1 is 1.16 bits per heavy atom. The van der Waals surface area contributed by atoms with Crippen LogP contribution in [0, 0.1) is 12.7 Å². The van der Waals surface area contributed by atoms with Gasteiger partial charge in [-0.05, 0) is 61.7 Å². The van der Waals surface area contributed by atoms with Gasteiger partial charge in [-0.25, -0.2) is 9.18 Å². The van der Waals surface area contributed by atoms with Crippen LogP contribution in [-0.4, -0.2) is 40.1 Å². The lowest BCUT2D eigenvalue weighted by atomic mass is 9.99. The zero-order valence-electron chi connectivity index (χ0n) is 17.3. The summed E-state index contributed by atoms with van der Waals surface area (Å²) in [6.45, 7) is 3.04. The summed E-state index contributed by atoms with van der Waals surface area (Å²) in [7, 11) is 0. The number of carbonyl (C=O) groups excluding carboxylic acids is 2. The van der Waals surface area contributed by atoms with Crippen molar-refractivity contribution in [1.29, 1.82) is 0 Å². The monoisotopic (exact) mass is 473 g/mol. The van der Waals surface area contributed by atoms with Gasteiger partial charge in [0, 0.05) is 24.7 Å². The number of likely N-dealkylation sites (tertiary alicyclic amines) is 1. The number of nitrogens with zero attached hydrogens (tertiary/aromatic N) is 3. The van der Waals surface area contributed by atoms with E-state index >= 15 is 0 Å². The normalized spacial score (nSPS) is 16.0. The molecule has 166 valence electrons. The van der Waals surface area contributed by atoms with Gasteiger partial charge >= 0.3 is 6.03 Å². The quantitative estimate of drug-likeness (QED) is 0.538. The summed E-state index contributed by atoms with van der Waals surface area (Å²) >= 11 is 7.43. The number of urea groups is 1. The highest BCUT2D eigenvalue weighted by molar-refractivity contribution is 7.13. The number of piperidine rings is 1. The first-order valence-electron chi connectivity index (χ1n) is 10.1. The molecule has 1 aromatic heterocycles. The highest BCUT2D eigenvalue weighted by Gasteiger charge is 2.28. The lowest BCUT2D eigenvalue weighted by Crippen LogP contribution is -2.41. The molecule has 1 saturated heterocycles. The molecule has 0 aliphatic carbocycles. The molecular formula is C22H21ClFN5O2S. The Bertz CT molecular complexity index is 1140. The zero-order valence-corrected chi connectivity index (χ0v) is 18.8. The van der Waals surface area contributed by atoms with Crippen molar-refractivity contribution in [2.75, 3.05) is 23.7 Å². The molecule has 32 heavy (non-hydrogen) atoms. The lowest BCUT2D eigenvalue weighted by Gasteiger charge is -2.31. The SMILES string of the molecule is Cc1ccc(NC(=O)N2CCCC(c3nnc(C(=O)Nc4ccc(F)cc4)s3)C2)c(Cl)c1. The number of aryl methyl sites for hydroxylation is 1. The largest absolute Gasteiger partial charge is 0.324 e. The number of halogens is 2. The predicted octanol–water partition coefficient (Wildman–Crippen LogP) is 5.30. The fourth-order valence-corrected chi connectivity index (χ4v) is 4.63. The molecule has 2 heterocycles.